The zero-order chi connectivity index (χ0) is 13.8. The minimum Gasteiger partial charge on any atom is -0.380 e. The van der Waals surface area contributed by atoms with E-state index < -0.39 is 0 Å². The van der Waals surface area contributed by atoms with Crippen molar-refractivity contribution in [3.8, 4) is 0 Å². The lowest BCUT2D eigenvalue weighted by Crippen LogP contribution is -2.19. The van der Waals surface area contributed by atoms with Crippen molar-refractivity contribution in [1.82, 2.24) is 5.32 Å². The summed E-state index contributed by atoms with van der Waals surface area (Å²) >= 11 is 1.65. The highest BCUT2D eigenvalue weighted by Crippen LogP contribution is 2.32. The fraction of sp³-hybridized carbons (Fsp3) is 0.467. The summed E-state index contributed by atoms with van der Waals surface area (Å²) in [5.74, 6) is 0.442. The Bertz CT molecular complexity index is 550. The molecule has 0 fully saturated rings. The Morgan fingerprint density at radius 3 is 2.84 bits per heavy atom. The molecule has 2 nitrogen and oxygen atoms in total. The first-order valence-electron chi connectivity index (χ1n) is 6.51. The Morgan fingerprint density at radius 2 is 2.16 bits per heavy atom. The van der Waals surface area contributed by atoms with Crippen molar-refractivity contribution in [2.75, 3.05) is 13.7 Å². The van der Waals surface area contributed by atoms with Crippen molar-refractivity contribution in [3.05, 3.63) is 34.5 Å². The first-order chi connectivity index (χ1) is 9.11. The van der Waals surface area contributed by atoms with Gasteiger partial charge in [-0.05, 0) is 30.0 Å². The van der Waals surface area contributed by atoms with E-state index in [1.54, 1.807) is 24.5 Å². The second kappa shape index (κ2) is 6.46. The van der Waals surface area contributed by atoms with Gasteiger partial charge in [-0.15, -0.1) is 11.3 Å². The molecule has 1 heterocycles. The third kappa shape index (κ3) is 3.53. The monoisotopic (exact) mass is 281 g/mol. The molecular weight excluding hydrogens is 261 g/mol. The third-order valence-electron chi connectivity index (χ3n) is 2.97. The molecule has 0 spiro atoms. The molecule has 1 N–H and O–H groups in total. The van der Waals surface area contributed by atoms with E-state index >= 15 is 0 Å². The summed E-state index contributed by atoms with van der Waals surface area (Å²) in [6, 6.07) is 4.96. The molecule has 0 aliphatic heterocycles. The standard InChI is InChI=1S/C15H20FNOS/c1-10(2)7-17-8-15-13(9-18-3)12-5-4-11(16)6-14(12)19-15/h4-6,10,17H,7-9H2,1-3H3. The third-order valence-corrected chi connectivity index (χ3v) is 4.16. The van der Waals surface area contributed by atoms with Crippen LogP contribution in [0.3, 0.4) is 0 Å². The molecule has 1 aromatic heterocycles. The molecular formula is C15H20FNOS. The van der Waals surface area contributed by atoms with Crippen LogP contribution in [0.25, 0.3) is 10.1 Å². The molecule has 0 radical (unpaired) electrons. The highest BCUT2D eigenvalue weighted by atomic mass is 32.1. The molecule has 0 saturated heterocycles. The molecule has 0 aliphatic carbocycles. The van der Waals surface area contributed by atoms with Gasteiger partial charge in [-0.25, -0.2) is 4.39 Å². The summed E-state index contributed by atoms with van der Waals surface area (Å²) in [5.41, 5.74) is 1.18. The van der Waals surface area contributed by atoms with Gasteiger partial charge < -0.3 is 10.1 Å². The molecule has 1 aromatic carbocycles. The maximum atomic E-state index is 13.3. The highest BCUT2D eigenvalue weighted by molar-refractivity contribution is 7.19. The summed E-state index contributed by atoms with van der Waals surface area (Å²) in [7, 11) is 1.69. The molecule has 104 valence electrons. The van der Waals surface area contributed by atoms with Gasteiger partial charge in [0, 0.05) is 28.8 Å². The van der Waals surface area contributed by atoms with Gasteiger partial charge in [-0.1, -0.05) is 19.9 Å². The fourth-order valence-electron chi connectivity index (χ4n) is 2.09. The average Bonchev–Trinajstić information content (AvgIpc) is 2.67. The van der Waals surface area contributed by atoms with Crippen LogP contribution in [-0.2, 0) is 17.9 Å². The maximum absolute atomic E-state index is 13.3. The molecule has 0 saturated carbocycles. The van der Waals surface area contributed by atoms with Gasteiger partial charge in [0.2, 0.25) is 0 Å². The van der Waals surface area contributed by atoms with Gasteiger partial charge >= 0.3 is 0 Å². The molecule has 0 unspecified atom stereocenters. The van der Waals surface area contributed by atoms with E-state index in [0.29, 0.717) is 12.5 Å². The Morgan fingerprint density at radius 1 is 1.37 bits per heavy atom. The largest absolute Gasteiger partial charge is 0.380 e. The molecule has 4 heteroatoms. The quantitative estimate of drug-likeness (QED) is 0.866. The predicted octanol–water partition coefficient (Wildman–Crippen LogP) is 3.93. The number of hydrogen-bond acceptors (Lipinski definition) is 3. The summed E-state index contributed by atoms with van der Waals surface area (Å²) in [6.07, 6.45) is 0. The summed E-state index contributed by atoms with van der Waals surface area (Å²) in [4.78, 5) is 1.24. The Kier molecular flexibility index (Phi) is 4.91. The fourth-order valence-corrected chi connectivity index (χ4v) is 3.30. The molecule has 0 bridgehead atoms. The zero-order valence-corrected chi connectivity index (χ0v) is 12.4. The van der Waals surface area contributed by atoms with Crippen molar-refractivity contribution in [3.63, 3.8) is 0 Å². The minimum absolute atomic E-state index is 0.181. The van der Waals surface area contributed by atoms with Crippen LogP contribution in [0.4, 0.5) is 4.39 Å². The average molecular weight is 281 g/mol. The molecule has 0 aliphatic rings. The number of benzene rings is 1. The first kappa shape index (κ1) is 14.4. The summed E-state index contributed by atoms with van der Waals surface area (Å²) in [6.45, 7) is 6.74. The van der Waals surface area contributed by atoms with E-state index in [-0.39, 0.29) is 5.82 Å². The normalized spacial score (nSPS) is 11.6. The predicted molar refractivity (Wildman–Crippen MR) is 79.0 cm³/mol. The number of fused-ring (bicyclic) bond motifs is 1. The van der Waals surface area contributed by atoms with Gasteiger partial charge in [0.05, 0.1) is 6.61 Å². The molecule has 0 amide bonds. The molecule has 0 atom stereocenters. The number of rotatable bonds is 6. The van der Waals surface area contributed by atoms with E-state index in [0.717, 1.165) is 23.2 Å². The zero-order valence-electron chi connectivity index (χ0n) is 11.6. The number of ether oxygens (including phenoxy) is 1. The smallest absolute Gasteiger partial charge is 0.124 e. The number of halogens is 1. The van der Waals surface area contributed by atoms with Crippen LogP contribution in [0.15, 0.2) is 18.2 Å². The lowest BCUT2D eigenvalue weighted by atomic mass is 10.1. The SMILES string of the molecule is COCc1c(CNCC(C)C)sc2cc(F)ccc12. The summed E-state index contributed by atoms with van der Waals surface area (Å²) in [5, 5.41) is 4.54. The van der Waals surface area contributed by atoms with Crippen molar-refractivity contribution in [2.24, 2.45) is 5.92 Å². The van der Waals surface area contributed by atoms with Crippen LogP contribution >= 0.6 is 11.3 Å². The van der Waals surface area contributed by atoms with Crippen molar-refractivity contribution >= 4 is 21.4 Å². The first-order valence-corrected chi connectivity index (χ1v) is 7.33. The van der Waals surface area contributed by atoms with E-state index in [1.807, 2.05) is 6.07 Å². The number of thiophene rings is 1. The topological polar surface area (TPSA) is 21.3 Å². The summed E-state index contributed by atoms with van der Waals surface area (Å²) < 4.78 is 19.6. The van der Waals surface area contributed by atoms with Crippen LogP contribution in [-0.4, -0.2) is 13.7 Å². The van der Waals surface area contributed by atoms with Crippen molar-refractivity contribution in [1.29, 1.82) is 0 Å². The van der Waals surface area contributed by atoms with E-state index in [9.17, 15) is 4.39 Å². The second-order valence-corrected chi connectivity index (χ2v) is 6.24. The van der Waals surface area contributed by atoms with Crippen LogP contribution in [0.2, 0.25) is 0 Å². The van der Waals surface area contributed by atoms with Gasteiger partial charge in [0.15, 0.2) is 0 Å². The molecule has 2 aromatic rings. The van der Waals surface area contributed by atoms with Crippen molar-refractivity contribution in [2.45, 2.75) is 27.0 Å². The molecule has 19 heavy (non-hydrogen) atoms. The Hall–Kier alpha value is -0.970. The second-order valence-electron chi connectivity index (χ2n) is 5.10. The lowest BCUT2D eigenvalue weighted by Gasteiger charge is -2.08. The molecule has 2 rings (SSSR count). The van der Waals surface area contributed by atoms with Crippen LogP contribution in [0, 0.1) is 11.7 Å². The van der Waals surface area contributed by atoms with Gasteiger partial charge in [0.1, 0.15) is 5.82 Å². The van der Waals surface area contributed by atoms with E-state index in [1.165, 1.54) is 16.5 Å². The number of methoxy groups -OCH3 is 1. The Balaban J connectivity index is 2.27. The van der Waals surface area contributed by atoms with Gasteiger partial charge in [-0.2, -0.15) is 0 Å². The highest BCUT2D eigenvalue weighted by Gasteiger charge is 2.12. The minimum atomic E-state index is -0.181. The van der Waals surface area contributed by atoms with Gasteiger partial charge in [-0.3, -0.25) is 0 Å². The van der Waals surface area contributed by atoms with Crippen molar-refractivity contribution < 1.29 is 9.13 Å². The maximum Gasteiger partial charge on any atom is 0.124 e. The van der Waals surface area contributed by atoms with E-state index in [4.69, 9.17) is 4.74 Å². The van der Waals surface area contributed by atoms with Crippen LogP contribution < -0.4 is 5.32 Å². The number of hydrogen-bond donors (Lipinski definition) is 1. The van der Waals surface area contributed by atoms with Crippen LogP contribution in [0.5, 0.6) is 0 Å². The van der Waals surface area contributed by atoms with E-state index in [2.05, 4.69) is 19.2 Å². The Labute approximate surface area is 117 Å². The van der Waals surface area contributed by atoms with Gasteiger partial charge in [0.25, 0.3) is 0 Å². The lowest BCUT2D eigenvalue weighted by molar-refractivity contribution is 0.185. The van der Waals surface area contributed by atoms with Crippen LogP contribution in [0.1, 0.15) is 24.3 Å². The number of nitrogens with one attached hydrogen (secondary N) is 1.